The minimum atomic E-state index is -3.19. The summed E-state index contributed by atoms with van der Waals surface area (Å²) < 4.78 is 24.1. The van der Waals surface area contributed by atoms with Crippen molar-refractivity contribution in [1.82, 2.24) is 14.2 Å². The number of hydrogen-bond acceptors (Lipinski definition) is 5. The molecule has 0 atom stereocenters. The van der Waals surface area contributed by atoms with E-state index in [4.69, 9.17) is 5.73 Å². The molecule has 0 saturated carbocycles. The Morgan fingerprint density at radius 1 is 1.32 bits per heavy atom. The molecule has 0 spiro atoms. The molecule has 1 fully saturated rings. The molecule has 1 aliphatic rings. The molecular formula is C11H16N4O3S. The zero-order valence-corrected chi connectivity index (χ0v) is 11.4. The van der Waals surface area contributed by atoms with Crippen LogP contribution in [0, 0.1) is 0 Å². The van der Waals surface area contributed by atoms with Gasteiger partial charge in [0.1, 0.15) is 0 Å². The summed E-state index contributed by atoms with van der Waals surface area (Å²) in [6.07, 6.45) is 4.11. The predicted molar refractivity (Wildman–Crippen MR) is 71.0 cm³/mol. The van der Waals surface area contributed by atoms with Gasteiger partial charge in [0.2, 0.25) is 10.0 Å². The number of carbonyl (C=O) groups is 1. The number of rotatable bonds is 2. The Morgan fingerprint density at radius 2 is 1.95 bits per heavy atom. The van der Waals surface area contributed by atoms with Crippen molar-refractivity contribution in [2.24, 2.45) is 0 Å². The number of nitrogens with zero attached hydrogens (tertiary/aromatic N) is 3. The zero-order valence-electron chi connectivity index (χ0n) is 10.6. The summed E-state index contributed by atoms with van der Waals surface area (Å²) in [5.41, 5.74) is 6.45. The number of hydrogen-bond donors (Lipinski definition) is 1. The number of aromatic nitrogens is 1. The van der Waals surface area contributed by atoms with Crippen LogP contribution in [-0.4, -0.2) is 60.9 Å². The Hall–Kier alpha value is -1.67. The summed E-state index contributed by atoms with van der Waals surface area (Å²) in [7, 11) is -3.19. The third kappa shape index (κ3) is 3.02. The predicted octanol–water partition coefficient (Wildman–Crippen LogP) is -0.619. The average Bonchev–Trinajstić information content (AvgIpc) is 2.38. The van der Waals surface area contributed by atoms with E-state index in [1.54, 1.807) is 11.0 Å². The van der Waals surface area contributed by atoms with Gasteiger partial charge in [-0.3, -0.25) is 9.78 Å². The van der Waals surface area contributed by atoms with Crippen LogP contribution in [0.3, 0.4) is 0 Å². The second-order valence-electron chi connectivity index (χ2n) is 4.42. The van der Waals surface area contributed by atoms with Crippen LogP contribution in [-0.2, 0) is 10.0 Å². The molecule has 1 aliphatic heterocycles. The highest BCUT2D eigenvalue weighted by Crippen LogP contribution is 2.14. The molecule has 0 unspecified atom stereocenters. The first-order chi connectivity index (χ1) is 8.89. The number of amides is 1. The molecule has 2 rings (SSSR count). The summed E-state index contributed by atoms with van der Waals surface area (Å²) >= 11 is 0. The van der Waals surface area contributed by atoms with Crippen LogP contribution in [0.15, 0.2) is 18.5 Å². The number of carbonyl (C=O) groups excluding carboxylic acids is 1. The van der Waals surface area contributed by atoms with Crippen LogP contribution in [0.25, 0.3) is 0 Å². The maximum absolute atomic E-state index is 12.2. The molecule has 1 aromatic heterocycles. The van der Waals surface area contributed by atoms with Gasteiger partial charge in [0, 0.05) is 32.4 Å². The fourth-order valence-electron chi connectivity index (χ4n) is 1.99. The van der Waals surface area contributed by atoms with Gasteiger partial charge >= 0.3 is 0 Å². The summed E-state index contributed by atoms with van der Waals surface area (Å²) in [4.78, 5) is 17.7. The minimum absolute atomic E-state index is 0.187. The van der Waals surface area contributed by atoms with Crippen LogP contribution in [0.5, 0.6) is 0 Å². The lowest BCUT2D eigenvalue weighted by molar-refractivity contribution is 0.0699. The van der Waals surface area contributed by atoms with Gasteiger partial charge in [0.05, 0.1) is 23.7 Å². The van der Waals surface area contributed by atoms with Crippen molar-refractivity contribution in [2.45, 2.75) is 0 Å². The molecule has 1 aromatic rings. The topological polar surface area (TPSA) is 96.6 Å². The van der Waals surface area contributed by atoms with Crippen LogP contribution in [0.1, 0.15) is 10.4 Å². The Balaban J connectivity index is 2.07. The maximum Gasteiger partial charge on any atom is 0.256 e. The second kappa shape index (κ2) is 5.14. The number of nitrogen functional groups attached to an aromatic ring is 1. The largest absolute Gasteiger partial charge is 0.397 e. The molecule has 2 N–H and O–H groups in total. The molecular weight excluding hydrogens is 268 g/mol. The van der Waals surface area contributed by atoms with Crippen molar-refractivity contribution in [3.8, 4) is 0 Å². The molecule has 8 heteroatoms. The first kappa shape index (κ1) is 13.8. The standard InChI is InChI=1S/C11H16N4O3S/c1-19(17,18)15-6-4-14(5-7-15)11(16)9-2-3-13-8-10(9)12/h2-3,8H,4-7,12H2,1H3. The van der Waals surface area contributed by atoms with E-state index in [-0.39, 0.29) is 5.91 Å². The highest BCUT2D eigenvalue weighted by Gasteiger charge is 2.27. The van der Waals surface area contributed by atoms with Crippen LogP contribution < -0.4 is 5.73 Å². The number of piperazine rings is 1. The lowest BCUT2D eigenvalue weighted by Gasteiger charge is -2.33. The SMILES string of the molecule is CS(=O)(=O)N1CCN(C(=O)c2ccncc2N)CC1. The summed E-state index contributed by atoms with van der Waals surface area (Å²) in [5.74, 6) is -0.187. The molecule has 0 aromatic carbocycles. The third-order valence-electron chi connectivity index (χ3n) is 3.08. The summed E-state index contributed by atoms with van der Waals surface area (Å²) in [6, 6.07) is 1.57. The van der Waals surface area contributed by atoms with Gasteiger partial charge in [-0.2, -0.15) is 4.31 Å². The fraction of sp³-hybridized carbons (Fsp3) is 0.455. The highest BCUT2D eigenvalue weighted by atomic mass is 32.2. The van der Waals surface area contributed by atoms with E-state index in [9.17, 15) is 13.2 Å². The lowest BCUT2D eigenvalue weighted by Crippen LogP contribution is -2.50. The molecule has 2 heterocycles. The van der Waals surface area contributed by atoms with Gasteiger partial charge in [0.25, 0.3) is 5.91 Å². The molecule has 1 amide bonds. The minimum Gasteiger partial charge on any atom is -0.397 e. The Bertz CT molecular complexity index is 579. The van der Waals surface area contributed by atoms with Crippen molar-refractivity contribution in [3.05, 3.63) is 24.0 Å². The van der Waals surface area contributed by atoms with E-state index in [1.165, 1.54) is 23.0 Å². The smallest absolute Gasteiger partial charge is 0.256 e. The number of pyridine rings is 1. The highest BCUT2D eigenvalue weighted by molar-refractivity contribution is 7.88. The number of sulfonamides is 1. The molecule has 104 valence electrons. The van der Waals surface area contributed by atoms with E-state index in [0.717, 1.165) is 0 Å². The molecule has 0 bridgehead atoms. The lowest BCUT2D eigenvalue weighted by atomic mass is 10.2. The first-order valence-electron chi connectivity index (χ1n) is 5.83. The van der Waals surface area contributed by atoms with Gasteiger partial charge < -0.3 is 10.6 Å². The van der Waals surface area contributed by atoms with Crippen molar-refractivity contribution in [3.63, 3.8) is 0 Å². The number of nitrogens with two attached hydrogens (primary N) is 1. The first-order valence-corrected chi connectivity index (χ1v) is 7.68. The normalized spacial score (nSPS) is 17.4. The van der Waals surface area contributed by atoms with E-state index >= 15 is 0 Å². The van der Waals surface area contributed by atoms with Gasteiger partial charge in [-0.05, 0) is 6.07 Å². The molecule has 19 heavy (non-hydrogen) atoms. The Morgan fingerprint density at radius 3 is 2.47 bits per heavy atom. The summed E-state index contributed by atoms with van der Waals surface area (Å²) in [6.45, 7) is 1.37. The summed E-state index contributed by atoms with van der Waals surface area (Å²) in [5, 5.41) is 0. The van der Waals surface area contributed by atoms with E-state index < -0.39 is 10.0 Å². The molecule has 1 saturated heterocycles. The van der Waals surface area contributed by atoms with Gasteiger partial charge in [0.15, 0.2) is 0 Å². The molecule has 0 radical (unpaired) electrons. The van der Waals surface area contributed by atoms with Crippen LogP contribution in [0.4, 0.5) is 5.69 Å². The Kier molecular flexibility index (Phi) is 3.72. The van der Waals surface area contributed by atoms with Gasteiger partial charge in [-0.1, -0.05) is 0 Å². The van der Waals surface area contributed by atoms with E-state index in [0.29, 0.717) is 37.4 Å². The molecule has 7 nitrogen and oxygen atoms in total. The Labute approximate surface area is 112 Å². The van der Waals surface area contributed by atoms with Crippen molar-refractivity contribution >= 4 is 21.6 Å². The fourth-order valence-corrected chi connectivity index (χ4v) is 2.82. The second-order valence-corrected chi connectivity index (χ2v) is 6.40. The van der Waals surface area contributed by atoms with Crippen molar-refractivity contribution in [2.75, 3.05) is 38.2 Å². The van der Waals surface area contributed by atoms with E-state index in [1.807, 2.05) is 0 Å². The zero-order chi connectivity index (χ0) is 14.0. The van der Waals surface area contributed by atoms with Crippen molar-refractivity contribution in [1.29, 1.82) is 0 Å². The quantitative estimate of drug-likeness (QED) is 0.781. The number of anilines is 1. The molecule has 0 aliphatic carbocycles. The van der Waals surface area contributed by atoms with Gasteiger partial charge in [-0.15, -0.1) is 0 Å². The maximum atomic E-state index is 12.2. The van der Waals surface area contributed by atoms with Gasteiger partial charge in [-0.25, -0.2) is 8.42 Å². The average molecular weight is 284 g/mol. The monoisotopic (exact) mass is 284 g/mol. The van der Waals surface area contributed by atoms with Crippen molar-refractivity contribution < 1.29 is 13.2 Å². The van der Waals surface area contributed by atoms with Crippen LogP contribution in [0.2, 0.25) is 0 Å². The van der Waals surface area contributed by atoms with E-state index in [2.05, 4.69) is 4.98 Å². The van der Waals surface area contributed by atoms with Crippen LogP contribution >= 0.6 is 0 Å². The third-order valence-corrected chi connectivity index (χ3v) is 4.38.